The van der Waals surface area contributed by atoms with Gasteiger partial charge in [0.15, 0.2) is 0 Å². The summed E-state index contributed by atoms with van der Waals surface area (Å²) >= 11 is 12.3. The van der Waals surface area contributed by atoms with Crippen molar-refractivity contribution in [2.75, 3.05) is 15.5 Å². The average Bonchev–Trinajstić information content (AvgIpc) is 3.00. The number of carbonyl (C=O) groups excluding carboxylic acids is 2. The fraction of sp³-hybridized carbons (Fsp3) is 0.0714. The van der Waals surface area contributed by atoms with Crippen LogP contribution in [0.25, 0.3) is 0 Å². The van der Waals surface area contributed by atoms with Gasteiger partial charge in [0.2, 0.25) is 0 Å². The molecule has 0 unspecified atom stereocenters. The van der Waals surface area contributed by atoms with Crippen LogP contribution in [-0.4, -0.2) is 11.8 Å². The van der Waals surface area contributed by atoms with Crippen LogP contribution in [0.5, 0.6) is 0 Å². The highest BCUT2D eigenvalue weighted by Crippen LogP contribution is 2.39. The molecule has 4 aromatic carbocycles. The van der Waals surface area contributed by atoms with Gasteiger partial charge in [0, 0.05) is 17.8 Å². The summed E-state index contributed by atoms with van der Waals surface area (Å²) in [7, 11) is 0. The molecule has 0 radical (unpaired) electrons. The molecule has 0 atom stereocenters. The van der Waals surface area contributed by atoms with Crippen molar-refractivity contribution in [3.05, 3.63) is 117 Å². The number of fused-ring (bicyclic) bond motifs is 2. The number of benzene rings is 4. The molecule has 5 nitrogen and oxygen atoms in total. The van der Waals surface area contributed by atoms with Crippen molar-refractivity contribution in [2.24, 2.45) is 0 Å². The van der Waals surface area contributed by atoms with Gasteiger partial charge in [-0.3, -0.25) is 14.5 Å². The third kappa shape index (κ3) is 4.36. The lowest BCUT2D eigenvalue weighted by atomic mass is 10.0. The smallest absolute Gasteiger partial charge is 0.263 e. The van der Waals surface area contributed by atoms with Crippen LogP contribution in [0.2, 0.25) is 10.0 Å². The van der Waals surface area contributed by atoms with Crippen molar-refractivity contribution in [1.82, 2.24) is 0 Å². The van der Waals surface area contributed by atoms with Crippen molar-refractivity contribution in [2.45, 2.75) is 13.5 Å². The molecule has 0 spiro atoms. The van der Waals surface area contributed by atoms with E-state index in [9.17, 15) is 9.59 Å². The highest BCUT2D eigenvalue weighted by atomic mass is 35.5. The van der Waals surface area contributed by atoms with Crippen LogP contribution in [-0.2, 0) is 6.54 Å². The van der Waals surface area contributed by atoms with Crippen molar-refractivity contribution in [3.63, 3.8) is 0 Å². The van der Waals surface area contributed by atoms with Gasteiger partial charge in [-0.25, -0.2) is 0 Å². The van der Waals surface area contributed by atoms with E-state index in [0.717, 1.165) is 28.2 Å². The van der Waals surface area contributed by atoms with E-state index in [2.05, 4.69) is 10.6 Å². The van der Waals surface area contributed by atoms with Crippen molar-refractivity contribution in [1.29, 1.82) is 0 Å². The van der Waals surface area contributed by atoms with Crippen LogP contribution in [0.1, 0.15) is 31.8 Å². The van der Waals surface area contributed by atoms with Gasteiger partial charge < -0.3 is 10.6 Å². The second kappa shape index (κ2) is 9.45. The SMILES string of the molecule is Cc1cc(NC(=O)c2c(Cl)cccc2Cl)ccc1C(=O)N1c2ccccc2CNc2ccccc21. The highest BCUT2D eigenvalue weighted by molar-refractivity contribution is 6.40. The van der Waals surface area contributed by atoms with E-state index in [1.807, 2.05) is 55.5 Å². The topological polar surface area (TPSA) is 61.4 Å². The number of nitrogens with one attached hydrogen (secondary N) is 2. The number of nitrogens with zero attached hydrogens (tertiary/aromatic N) is 1. The van der Waals surface area contributed by atoms with E-state index in [-0.39, 0.29) is 21.5 Å². The summed E-state index contributed by atoms with van der Waals surface area (Å²) < 4.78 is 0. The first-order valence-corrected chi connectivity index (χ1v) is 11.8. The van der Waals surface area contributed by atoms with Gasteiger partial charge in [-0.05, 0) is 66.6 Å². The molecule has 5 rings (SSSR count). The van der Waals surface area contributed by atoms with E-state index in [4.69, 9.17) is 23.2 Å². The minimum Gasteiger partial charge on any atom is -0.379 e. The third-order valence-corrected chi connectivity index (χ3v) is 6.58. The van der Waals surface area contributed by atoms with Crippen LogP contribution in [0, 0.1) is 6.92 Å². The number of hydrogen-bond donors (Lipinski definition) is 2. The third-order valence-electron chi connectivity index (χ3n) is 5.95. The molecule has 4 aromatic rings. The number of para-hydroxylation sites is 3. The molecule has 35 heavy (non-hydrogen) atoms. The minimum absolute atomic E-state index is 0.155. The lowest BCUT2D eigenvalue weighted by Crippen LogP contribution is -2.27. The van der Waals surface area contributed by atoms with Crippen LogP contribution in [0.4, 0.5) is 22.7 Å². The summed E-state index contributed by atoms with van der Waals surface area (Å²) in [6.07, 6.45) is 0. The first-order chi connectivity index (χ1) is 16.9. The maximum Gasteiger partial charge on any atom is 0.263 e. The molecule has 174 valence electrons. The Bertz CT molecular complexity index is 1400. The van der Waals surface area contributed by atoms with E-state index >= 15 is 0 Å². The Kier molecular flexibility index (Phi) is 6.20. The number of hydrogen-bond acceptors (Lipinski definition) is 3. The lowest BCUT2D eigenvalue weighted by molar-refractivity contribution is 0.0997. The Balaban J connectivity index is 1.49. The Labute approximate surface area is 213 Å². The fourth-order valence-electron chi connectivity index (χ4n) is 4.25. The summed E-state index contributed by atoms with van der Waals surface area (Å²) in [6, 6.07) is 25.7. The lowest BCUT2D eigenvalue weighted by Gasteiger charge is -2.25. The number of rotatable bonds is 3. The number of anilines is 4. The van der Waals surface area contributed by atoms with Gasteiger partial charge in [-0.1, -0.05) is 59.6 Å². The van der Waals surface area contributed by atoms with E-state index in [0.29, 0.717) is 17.8 Å². The molecule has 0 aromatic heterocycles. The number of carbonyl (C=O) groups is 2. The molecule has 0 saturated carbocycles. The maximum atomic E-state index is 13.9. The van der Waals surface area contributed by atoms with Gasteiger partial charge in [0.1, 0.15) is 0 Å². The summed E-state index contributed by atoms with van der Waals surface area (Å²) in [6.45, 7) is 2.46. The normalized spacial score (nSPS) is 12.1. The Morgan fingerprint density at radius 1 is 0.857 bits per heavy atom. The highest BCUT2D eigenvalue weighted by Gasteiger charge is 2.27. The number of aryl methyl sites for hydroxylation is 1. The quantitative estimate of drug-likeness (QED) is 0.306. The second-order valence-corrected chi connectivity index (χ2v) is 9.03. The van der Waals surface area contributed by atoms with Crippen LogP contribution < -0.4 is 15.5 Å². The molecule has 2 N–H and O–H groups in total. The molecule has 1 aliphatic heterocycles. The molecule has 7 heteroatoms. The Morgan fingerprint density at radius 2 is 1.54 bits per heavy atom. The largest absolute Gasteiger partial charge is 0.379 e. The zero-order valence-corrected chi connectivity index (χ0v) is 20.3. The molecule has 0 saturated heterocycles. The van der Waals surface area contributed by atoms with Gasteiger partial charge in [-0.15, -0.1) is 0 Å². The van der Waals surface area contributed by atoms with Crippen LogP contribution in [0.15, 0.2) is 84.9 Å². The van der Waals surface area contributed by atoms with Gasteiger partial charge in [0.05, 0.1) is 32.7 Å². The number of halogens is 2. The summed E-state index contributed by atoms with van der Waals surface area (Å²) in [5, 5.41) is 6.79. The molecular weight excluding hydrogens is 481 g/mol. The standard InChI is InChI=1S/C28H21Cl2N3O2/c1-17-15-19(32-27(34)26-21(29)8-6-9-22(26)30)13-14-20(17)28(35)33-24-11-4-2-7-18(24)16-31-23-10-3-5-12-25(23)33/h2-15,31H,16H2,1H3,(H,32,34). The van der Waals surface area contributed by atoms with E-state index < -0.39 is 5.91 Å². The molecule has 0 bridgehead atoms. The molecular formula is C28H21Cl2N3O2. The Morgan fingerprint density at radius 3 is 2.29 bits per heavy atom. The second-order valence-electron chi connectivity index (χ2n) is 8.22. The predicted molar refractivity (Wildman–Crippen MR) is 142 cm³/mol. The maximum absolute atomic E-state index is 13.9. The first-order valence-electron chi connectivity index (χ1n) is 11.1. The average molecular weight is 502 g/mol. The molecule has 0 aliphatic carbocycles. The fourth-order valence-corrected chi connectivity index (χ4v) is 4.81. The monoisotopic (exact) mass is 501 g/mol. The zero-order valence-electron chi connectivity index (χ0n) is 18.8. The van der Waals surface area contributed by atoms with Gasteiger partial charge in [0.25, 0.3) is 11.8 Å². The summed E-state index contributed by atoms with van der Waals surface area (Å²) in [4.78, 5) is 28.4. The first kappa shape index (κ1) is 23.0. The Hall–Kier alpha value is -3.80. The van der Waals surface area contributed by atoms with Crippen LogP contribution in [0.3, 0.4) is 0 Å². The molecule has 0 fully saturated rings. The van der Waals surface area contributed by atoms with Crippen LogP contribution >= 0.6 is 23.2 Å². The van der Waals surface area contributed by atoms with Crippen molar-refractivity contribution in [3.8, 4) is 0 Å². The predicted octanol–water partition coefficient (Wildman–Crippen LogP) is 7.46. The molecule has 2 amide bonds. The van der Waals surface area contributed by atoms with E-state index in [1.165, 1.54) is 0 Å². The van der Waals surface area contributed by atoms with Gasteiger partial charge >= 0.3 is 0 Å². The summed E-state index contributed by atoms with van der Waals surface area (Å²) in [5.41, 5.74) is 5.53. The zero-order chi connectivity index (χ0) is 24.5. The molecule has 1 aliphatic rings. The van der Waals surface area contributed by atoms with Crippen molar-refractivity contribution >= 4 is 57.8 Å². The van der Waals surface area contributed by atoms with Gasteiger partial charge in [-0.2, -0.15) is 0 Å². The summed E-state index contributed by atoms with van der Waals surface area (Å²) in [5.74, 6) is -0.571. The van der Waals surface area contributed by atoms with E-state index in [1.54, 1.807) is 41.3 Å². The van der Waals surface area contributed by atoms with Crippen molar-refractivity contribution < 1.29 is 9.59 Å². The number of amides is 2. The molecule has 1 heterocycles. The minimum atomic E-state index is -0.416.